The predicted octanol–water partition coefficient (Wildman–Crippen LogP) is 0.498. The molecular formula is C7H8N2O. The fraction of sp³-hybridized carbons (Fsp3) is 0.143. The fourth-order valence-electron chi connectivity index (χ4n) is 0.687. The van der Waals surface area contributed by atoms with Gasteiger partial charge in [0.15, 0.2) is 0 Å². The normalized spacial score (nSPS) is 9.20. The maximum atomic E-state index is 10.8. The van der Waals surface area contributed by atoms with Crippen LogP contribution in [0, 0.1) is 0 Å². The fourth-order valence-corrected chi connectivity index (χ4v) is 0.687. The van der Waals surface area contributed by atoms with E-state index in [4.69, 9.17) is 0 Å². The van der Waals surface area contributed by atoms with Crippen LogP contribution < -0.4 is 5.56 Å². The largest absolute Gasteiger partial charge is 0.268 e. The van der Waals surface area contributed by atoms with Crippen molar-refractivity contribution in [3.8, 4) is 0 Å². The SMILES string of the molecule is C=CCc1ccn[nH]c1=O. The first-order valence-corrected chi connectivity index (χ1v) is 2.98. The molecule has 0 radical (unpaired) electrons. The minimum atomic E-state index is -0.137. The Morgan fingerprint density at radius 3 is 3.20 bits per heavy atom. The lowest BCUT2D eigenvalue weighted by molar-refractivity contribution is 0.955. The Morgan fingerprint density at radius 2 is 2.60 bits per heavy atom. The zero-order valence-electron chi connectivity index (χ0n) is 5.50. The van der Waals surface area contributed by atoms with Gasteiger partial charge in [0.2, 0.25) is 0 Å². The van der Waals surface area contributed by atoms with Gasteiger partial charge in [0.25, 0.3) is 5.56 Å². The van der Waals surface area contributed by atoms with E-state index in [1.807, 2.05) is 0 Å². The first kappa shape index (κ1) is 6.74. The van der Waals surface area contributed by atoms with Gasteiger partial charge in [-0.2, -0.15) is 5.10 Å². The molecule has 1 aromatic rings. The van der Waals surface area contributed by atoms with Crippen LogP contribution in [0.25, 0.3) is 0 Å². The molecule has 0 saturated heterocycles. The Kier molecular flexibility index (Phi) is 1.99. The number of aromatic nitrogens is 2. The summed E-state index contributed by atoms with van der Waals surface area (Å²) in [6.45, 7) is 3.52. The van der Waals surface area contributed by atoms with E-state index in [9.17, 15) is 4.79 Å². The molecule has 1 rings (SSSR count). The Balaban J connectivity index is 3.03. The summed E-state index contributed by atoms with van der Waals surface area (Å²) in [6, 6.07) is 1.68. The van der Waals surface area contributed by atoms with Gasteiger partial charge in [-0.15, -0.1) is 6.58 Å². The van der Waals surface area contributed by atoms with E-state index in [-0.39, 0.29) is 5.56 Å². The molecule has 0 fully saturated rings. The van der Waals surface area contributed by atoms with Crippen LogP contribution in [0.1, 0.15) is 5.56 Å². The number of rotatable bonds is 2. The number of aromatic amines is 1. The number of H-pyrrole nitrogens is 1. The molecule has 1 N–H and O–H groups in total. The van der Waals surface area contributed by atoms with Gasteiger partial charge in [-0.05, 0) is 12.5 Å². The standard InChI is InChI=1S/C7H8N2O/c1-2-3-6-4-5-8-9-7(6)10/h2,4-5H,1,3H2,(H,9,10). The zero-order valence-corrected chi connectivity index (χ0v) is 5.50. The van der Waals surface area contributed by atoms with Crippen molar-refractivity contribution < 1.29 is 0 Å². The van der Waals surface area contributed by atoms with Gasteiger partial charge >= 0.3 is 0 Å². The molecule has 3 heteroatoms. The molecule has 0 aromatic carbocycles. The van der Waals surface area contributed by atoms with Gasteiger partial charge in [-0.3, -0.25) is 4.79 Å². The van der Waals surface area contributed by atoms with E-state index in [1.165, 1.54) is 0 Å². The van der Waals surface area contributed by atoms with E-state index < -0.39 is 0 Å². The van der Waals surface area contributed by atoms with Gasteiger partial charge in [-0.25, -0.2) is 5.10 Å². The summed E-state index contributed by atoms with van der Waals surface area (Å²) in [6.07, 6.45) is 3.84. The number of allylic oxidation sites excluding steroid dienone is 1. The van der Waals surface area contributed by atoms with Crippen molar-refractivity contribution in [2.45, 2.75) is 6.42 Å². The van der Waals surface area contributed by atoms with Crippen LogP contribution in [0.15, 0.2) is 29.7 Å². The van der Waals surface area contributed by atoms with Crippen LogP contribution in [-0.2, 0) is 6.42 Å². The monoisotopic (exact) mass is 136 g/mol. The van der Waals surface area contributed by atoms with Crippen molar-refractivity contribution in [2.75, 3.05) is 0 Å². The summed E-state index contributed by atoms with van der Waals surface area (Å²) >= 11 is 0. The molecule has 0 spiro atoms. The molecule has 3 nitrogen and oxygen atoms in total. The van der Waals surface area contributed by atoms with Gasteiger partial charge in [0, 0.05) is 11.8 Å². The van der Waals surface area contributed by atoms with Crippen molar-refractivity contribution in [3.05, 3.63) is 40.8 Å². The summed E-state index contributed by atoms with van der Waals surface area (Å²) < 4.78 is 0. The third kappa shape index (κ3) is 1.31. The van der Waals surface area contributed by atoms with Crippen LogP contribution in [0.3, 0.4) is 0 Å². The number of hydrogen-bond acceptors (Lipinski definition) is 2. The van der Waals surface area contributed by atoms with Gasteiger partial charge in [0.05, 0.1) is 0 Å². The third-order valence-electron chi connectivity index (χ3n) is 1.17. The highest BCUT2D eigenvalue weighted by Gasteiger charge is 1.92. The highest BCUT2D eigenvalue weighted by molar-refractivity contribution is 5.09. The molecule has 0 saturated carbocycles. The lowest BCUT2D eigenvalue weighted by atomic mass is 10.2. The lowest BCUT2D eigenvalue weighted by Crippen LogP contribution is -2.12. The summed E-state index contributed by atoms with van der Waals surface area (Å²) in [5, 5.41) is 5.89. The van der Waals surface area contributed by atoms with Crippen LogP contribution in [0.2, 0.25) is 0 Å². The molecule has 0 atom stereocenters. The maximum absolute atomic E-state index is 10.8. The maximum Gasteiger partial charge on any atom is 0.267 e. The average molecular weight is 136 g/mol. The van der Waals surface area contributed by atoms with E-state index in [0.29, 0.717) is 12.0 Å². The minimum absolute atomic E-state index is 0.137. The quantitative estimate of drug-likeness (QED) is 0.602. The predicted molar refractivity (Wildman–Crippen MR) is 38.8 cm³/mol. The molecule has 52 valence electrons. The van der Waals surface area contributed by atoms with E-state index in [1.54, 1.807) is 18.3 Å². The van der Waals surface area contributed by atoms with Crippen molar-refractivity contribution >= 4 is 0 Å². The molecular weight excluding hydrogens is 128 g/mol. The van der Waals surface area contributed by atoms with Crippen molar-refractivity contribution in [3.63, 3.8) is 0 Å². The second-order valence-electron chi connectivity index (χ2n) is 1.90. The Hall–Kier alpha value is -1.38. The van der Waals surface area contributed by atoms with Gasteiger partial charge < -0.3 is 0 Å². The number of hydrogen-bond donors (Lipinski definition) is 1. The molecule has 1 heterocycles. The van der Waals surface area contributed by atoms with E-state index in [0.717, 1.165) is 0 Å². The Labute approximate surface area is 58.4 Å². The van der Waals surface area contributed by atoms with Gasteiger partial charge in [0.1, 0.15) is 0 Å². The molecule has 0 aliphatic carbocycles. The second kappa shape index (κ2) is 2.96. The number of nitrogens with one attached hydrogen (secondary N) is 1. The van der Waals surface area contributed by atoms with Crippen LogP contribution >= 0.6 is 0 Å². The van der Waals surface area contributed by atoms with Gasteiger partial charge in [-0.1, -0.05) is 6.08 Å². The first-order valence-electron chi connectivity index (χ1n) is 2.98. The van der Waals surface area contributed by atoms with Crippen molar-refractivity contribution in [1.82, 2.24) is 10.2 Å². The topological polar surface area (TPSA) is 45.8 Å². The molecule has 0 unspecified atom stereocenters. The summed E-state index contributed by atoms with van der Waals surface area (Å²) in [4.78, 5) is 10.8. The summed E-state index contributed by atoms with van der Waals surface area (Å²) in [5.74, 6) is 0. The van der Waals surface area contributed by atoms with Crippen molar-refractivity contribution in [1.29, 1.82) is 0 Å². The van der Waals surface area contributed by atoms with E-state index in [2.05, 4.69) is 16.8 Å². The highest BCUT2D eigenvalue weighted by Crippen LogP contribution is 1.88. The molecule has 0 amide bonds. The van der Waals surface area contributed by atoms with E-state index >= 15 is 0 Å². The third-order valence-corrected chi connectivity index (χ3v) is 1.17. The summed E-state index contributed by atoms with van der Waals surface area (Å²) in [7, 11) is 0. The highest BCUT2D eigenvalue weighted by atomic mass is 16.1. The summed E-state index contributed by atoms with van der Waals surface area (Å²) in [5.41, 5.74) is 0.562. The Bertz CT molecular complexity index is 277. The zero-order chi connectivity index (χ0) is 7.40. The molecule has 0 bridgehead atoms. The first-order chi connectivity index (χ1) is 4.84. The van der Waals surface area contributed by atoms with Crippen LogP contribution in [0.4, 0.5) is 0 Å². The molecule has 0 aliphatic heterocycles. The van der Waals surface area contributed by atoms with Crippen molar-refractivity contribution in [2.24, 2.45) is 0 Å². The second-order valence-corrected chi connectivity index (χ2v) is 1.90. The minimum Gasteiger partial charge on any atom is -0.268 e. The average Bonchev–Trinajstić information content (AvgIpc) is 1.94. The van der Waals surface area contributed by atoms with Crippen LogP contribution in [0.5, 0.6) is 0 Å². The Morgan fingerprint density at radius 1 is 1.80 bits per heavy atom. The van der Waals surface area contributed by atoms with Crippen LogP contribution in [-0.4, -0.2) is 10.2 Å². The molecule has 1 aromatic heterocycles. The number of nitrogens with zero attached hydrogens (tertiary/aromatic N) is 1. The smallest absolute Gasteiger partial charge is 0.267 e. The molecule has 0 aliphatic rings. The lowest BCUT2D eigenvalue weighted by Gasteiger charge is -1.90. The molecule has 10 heavy (non-hydrogen) atoms.